The number of aromatic hydroxyl groups is 1. The SMILES string of the molecule is CCNC(=O)C(C)NC(=O)c1ccc(Br)c(O)c1. The minimum atomic E-state index is -0.622. The van der Waals surface area contributed by atoms with Gasteiger partial charge in [-0.1, -0.05) is 0 Å². The molecule has 1 rings (SSSR count). The van der Waals surface area contributed by atoms with Crippen molar-refractivity contribution >= 4 is 27.7 Å². The van der Waals surface area contributed by atoms with E-state index in [1.54, 1.807) is 26.0 Å². The first-order valence-corrected chi connectivity index (χ1v) is 6.32. The predicted molar refractivity (Wildman–Crippen MR) is 71.4 cm³/mol. The number of hydrogen-bond donors (Lipinski definition) is 3. The Kier molecular flexibility index (Phi) is 5.15. The molecule has 0 spiro atoms. The van der Waals surface area contributed by atoms with Gasteiger partial charge in [-0.05, 0) is 48.0 Å². The molecule has 1 unspecified atom stereocenters. The summed E-state index contributed by atoms with van der Waals surface area (Å²) in [6, 6.07) is 3.84. The average molecular weight is 315 g/mol. The fraction of sp³-hybridized carbons (Fsp3) is 0.333. The maximum Gasteiger partial charge on any atom is 0.252 e. The molecule has 0 saturated heterocycles. The quantitative estimate of drug-likeness (QED) is 0.786. The van der Waals surface area contributed by atoms with Crippen molar-refractivity contribution in [2.45, 2.75) is 19.9 Å². The van der Waals surface area contributed by atoms with Crippen LogP contribution in [0.3, 0.4) is 0 Å². The molecule has 0 radical (unpaired) electrons. The fourth-order valence-corrected chi connectivity index (χ4v) is 1.57. The van der Waals surface area contributed by atoms with Gasteiger partial charge in [0.1, 0.15) is 11.8 Å². The summed E-state index contributed by atoms with van der Waals surface area (Å²) in [7, 11) is 0. The van der Waals surface area contributed by atoms with Crippen molar-refractivity contribution in [3.05, 3.63) is 28.2 Å². The largest absolute Gasteiger partial charge is 0.507 e. The highest BCUT2D eigenvalue weighted by atomic mass is 79.9. The molecule has 0 saturated carbocycles. The molecule has 0 fully saturated rings. The zero-order valence-corrected chi connectivity index (χ0v) is 11.7. The van der Waals surface area contributed by atoms with Crippen LogP contribution in [0, 0.1) is 0 Å². The van der Waals surface area contributed by atoms with Gasteiger partial charge in [-0.3, -0.25) is 9.59 Å². The van der Waals surface area contributed by atoms with Gasteiger partial charge in [0.05, 0.1) is 4.47 Å². The fourth-order valence-electron chi connectivity index (χ4n) is 1.33. The molecule has 18 heavy (non-hydrogen) atoms. The number of phenols is 1. The molecule has 98 valence electrons. The van der Waals surface area contributed by atoms with E-state index in [0.29, 0.717) is 16.6 Å². The number of rotatable bonds is 4. The van der Waals surface area contributed by atoms with Gasteiger partial charge < -0.3 is 15.7 Å². The summed E-state index contributed by atoms with van der Waals surface area (Å²) in [5, 5.41) is 14.6. The standard InChI is InChI=1S/C12H15BrN2O3/c1-3-14-11(17)7(2)15-12(18)8-4-5-9(13)10(16)6-8/h4-7,16H,3H2,1-2H3,(H,14,17)(H,15,18). The number of halogens is 1. The molecule has 0 bridgehead atoms. The van der Waals surface area contributed by atoms with Crippen LogP contribution in [0.25, 0.3) is 0 Å². The second-order valence-corrected chi connectivity index (χ2v) is 4.61. The van der Waals surface area contributed by atoms with Gasteiger partial charge in [0.25, 0.3) is 5.91 Å². The minimum Gasteiger partial charge on any atom is -0.507 e. The first-order valence-electron chi connectivity index (χ1n) is 5.52. The molecule has 0 aliphatic carbocycles. The van der Waals surface area contributed by atoms with Gasteiger partial charge in [-0.2, -0.15) is 0 Å². The summed E-state index contributed by atoms with van der Waals surface area (Å²) in [6.45, 7) is 3.92. The molecule has 0 aromatic heterocycles. The van der Waals surface area contributed by atoms with E-state index in [2.05, 4.69) is 26.6 Å². The summed E-state index contributed by atoms with van der Waals surface area (Å²) < 4.78 is 0.510. The zero-order valence-electron chi connectivity index (χ0n) is 10.2. The van der Waals surface area contributed by atoms with Crippen LogP contribution in [0.2, 0.25) is 0 Å². The molecule has 5 nitrogen and oxygen atoms in total. The number of carbonyl (C=O) groups excluding carboxylic acids is 2. The van der Waals surface area contributed by atoms with Crippen molar-refractivity contribution in [3.63, 3.8) is 0 Å². The van der Waals surface area contributed by atoms with E-state index in [0.717, 1.165) is 0 Å². The van der Waals surface area contributed by atoms with Crippen LogP contribution >= 0.6 is 15.9 Å². The number of hydrogen-bond acceptors (Lipinski definition) is 3. The molecule has 0 aliphatic rings. The van der Waals surface area contributed by atoms with E-state index >= 15 is 0 Å². The summed E-state index contributed by atoms with van der Waals surface area (Å²) in [4.78, 5) is 23.3. The molecule has 0 aliphatic heterocycles. The highest BCUT2D eigenvalue weighted by molar-refractivity contribution is 9.10. The predicted octanol–water partition coefficient (Wildman–Crippen LogP) is 1.41. The summed E-state index contributed by atoms with van der Waals surface area (Å²) in [6.07, 6.45) is 0. The molecule has 1 aromatic carbocycles. The first-order chi connectivity index (χ1) is 8.45. The van der Waals surface area contributed by atoms with Crippen molar-refractivity contribution in [3.8, 4) is 5.75 Å². The Bertz CT molecular complexity index is 463. The smallest absolute Gasteiger partial charge is 0.252 e. The van der Waals surface area contributed by atoms with Crippen molar-refractivity contribution in [2.75, 3.05) is 6.54 Å². The lowest BCUT2D eigenvalue weighted by Crippen LogP contribution is -2.44. The third kappa shape index (κ3) is 3.73. The van der Waals surface area contributed by atoms with Crippen LogP contribution in [-0.2, 0) is 4.79 Å². The van der Waals surface area contributed by atoms with E-state index in [-0.39, 0.29) is 11.7 Å². The Morgan fingerprint density at radius 1 is 1.44 bits per heavy atom. The van der Waals surface area contributed by atoms with Crippen molar-refractivity contribution < 1.29 is 14.7 Å². The van der Waals surface area contributed by atoms with Gasteiger partial charge >= 0.3 is 0 Å². The molecule has 6 heteroatoms. The Morgan fingerprint density at radius 3 is 2.67 bits per heavy atom. The Hall–Kier alpha value is -1.56. The van der Waals surface area contributed by atoms with Gasteiger partial charge in [0, 0.05) is 12.1 Å². The van der Waals surface area contributed by atoms with Gasteiger partial charge in [-0.25, -0.2) is 0 Å². The van der Waals surface area contributed by atoms with E-state index in [1.807, 2.05) is 0 Å². The number of carbonyl (C=O) groups is 2. The van der Waals surface area contributed by atoms with Crippen LogP contribution in [0.15, 0.2) is 22.7 Å². The highest BCUT2D eigenvalue weighted by Gasteiger charge is 2.16. The van der Waals surface area contributed by atoms with Crippen LogP contribution in [0.1, 0.15) is 24.2 Å². The third-order valence-corrected chi connectivity index (χ3v) is 2.97. The van der Waals surface area contributed by atoms with Crippen molar-refractivity contribution in [2.24, 2.45) is 0 Å². The Morgan fingerprint density at radius 2 is 2.11 bits per heavy atom. The zero-order chi connectivity index (χ0) is 13.7. The lowest BCUT2D eigenvalue weighted by Gasteiger charge is -2.13. The van der Waals surface area contributed by atoms with Crippen molar-refractivity contribution in [1.29, 1.82) is 0 Å². The highest BCUT2D eigenvalue weighted by Crippen LogP contribution is 2.24. The van der Waals surface area contributed by atoms with Gasteiger partial charge in [0.2, 0.25) is 5.91 Å². The normalized spacial score (nSPS) is 11.7. The number of benzene rings is 1. The number of likely N-dealkylation sites (N-methyl/N-ethyl adjacent to an activating group) is 1. The maximum absolute atomic E-state index is 11.8. The number of amides is 2. The Labute approximate surface area is 114 Å². The van der Waals surface area contributed by atoms with Crippen LogP contribution in [-0.4, -0.2) is 29.5 Å². The second kappa shape index (κ2) is 6.39. The number of phenolic OH excluding ortho intramolecular Hbond substituents is 1. The average Bonchev–Trinajstić information content (AvgIpc) is 2.32. The molecule has 0 heterocycles. The number of nitrogens with one attached hydrogen (secondary N) is 2. The van der Waals surface area contributed by atoms with Gasteiger partial charge in [-0.15, -0.1) is 0 Å². The summed E-state index contributed by atoms with van der Waals surface area (Å²) in [5.41, 5.74) is 0.298. The lowest BCUT2D eigenvalue weighted by atomic mass is 10.2. The molecule has 3 N–H and O–H groups in total. The summed E-state index contributed by atoms with van der Waals surface area (Å²) in [5.74, 6) is -0.669. The van der Waals surface area contributed by atoms with E-state index < -0.39 is 11.9 Å². The molecule has 1 aromatic rings. The molecule has 1 atom stereocenters. The van der Waals surface area contributed by atoms with Gasteiger partial charge in [0.15, 0.2) is 0 Å². The van der Waals surface area contributed by atoms with Crippen LogP contribution in [0.5, 0.6) is 5.75 Å². The Balaban J connectivity index is 2.70. The van der Waals surface area contributed by atoms with Crippen LogP contribution < -0.4 is 10.6 Å². The maximum atomic E-state index is 11.8. The minimum absolute atomic E-state index is 0.0201. The topological polar surface area (TPSA) is 78.4 Å². The van der Waals surface area contributed by atoms with E-state index in [1.165, 1.54) is 6.07 Å². The lowest BCUT2D eigenvalue weighted by molar-refractivity contribution is -0.122. The third-order valence-electron chi connectivity index (χ3n) is 2.30. The summed E-state index contributed by atoms with van der Waals surface area (Å²) >= 11 is 3.13. The molecular formula is C12H15BrN2O3. The monoisotopic (exact) mass is 314 g/mol. The second-order valence-electron chi connectivity index (χ2n) is 3.76. The first kappa shape index (κ1) is 14.5. The van der Waals surface area contributed by atoms with Crippen molar-refractivity contribution in [1.82, 2.24) is 10.6 Å². The van der Waals surface area contributed by atoms with Crippen LogP contribution in [0.4, 0.5) is 0 Å². The van der Waals surface area contributed by atoms with E-state index in [9.17, 15) is 14.7 Å². The molecular weight excluding hydrogens is 300 g/mol. The van der Waals surface area contributed by atoms with E-state index in [4.69, 9.17) is 0 Å². The molecule has 2 amide bonds.